The highest BCUT2D eigenvalue weighted by atomic mass is 16.1. The fourth-order valence-electron chi connectivity index (χ4n) is 3.15. The Morgan fingerprint density at radius 2 is 1.95 bits per heavy atom. The normalized spacial score (nSPS) is 18.5. The number of H-pyrrole nitrogens is 1. The first-order valence-electron chi connectivity index (χ1n) is 7.33. The van der Waals surface area contributed by atoms with Crippen LogP contribution in [0.25, 0.3) is 0 Å². The summed E-state index contributed by atoms with van der Waals surface area (Å²) in [5.41, 5.74) is 7.79. The first-order valence-corrected chi connectivity index (χ1v) is 7.33. The number of amides is 1. The van der Waals surface area contributed by atoms with Crippen LogP contribution in [0.2, 0.25) is 0 Å². The van der Waals surface area contributed by atoms with Gasteiger partial charge in [0.05, 0.1) is 0 Å². The highest BCUT2D eigenvalue weighted by Gasteiger charge is 2.30. The summed E-state index contributed by atoms with van der Waals surface area (Å²) in [6.45, 7) is 1.73. The molecule has 1 atom stereocenters. The number of nitrogens with one attached hydrogen (secondary N) is 1. The number of aromatic nitrogens is 2. The van der Waals surface area contributed by atoms with E-state index in [1.165, 1.54) is 5.69 Å². The SMILES string of the molecule is NC(=O)[C@@H](c1ccccc1)N1CCC(c2ccn[nH]2)CC1. The maximum absolute atomic E-state index is 11.9. The highest BCUT2D eigenvalue weighted by Crippen LogP contribution is 2.31. The Labute approximate surface area is 124 Å². The molecule has 3 rings (SSSR count). The molecule has 0 aliphatic carbocycles. The zero-order valence-corrected chi connectivity index (χ0v) is 11.9. The van der Waals surface area contributed by atoms with Crippen molar-refractivity contribution in [3.63, 3.8) is 0 Å². The average molecular weight is 284 g/mol. The molecule has 2 aromatic rings. The summed E-state index contributed by atoms with van der Waals surface area (Å²) in [6.07, 6.45) is 3.81. The Morgan fingerprint density at radius 1 is 1.24 bits per heavy atom. The van der Waals surface area contributed by atoms with Gasteiger partial charge >= 0.3 is 0 Å². The molecular weight excluding hydrogens is 264 g/mol. The summed E-state index contributed by atoms with van der Waals surface area (Å²) in [4.78, 5) is 14.1. The third-order valence-corrected chi connectivity index (χ3v) is 4.24. The van der Waals surface area contributed by atoms with E-state index in [0.29, 0.717) is 5.92 Å². The summed E-state index contributed by atoms with van der Waals surface area (Å²) in [7, 11) is 0. The average Bonchev–Trinajstić information content (AvgIpc) is 3.03. The molecule has 0 bridgehead atoms. The van der Waals surface area contributed by atoms with Gasteiger partial charge in [-0.2, -0.15) is 5.10 Å². The molecule has 1 aromatic heterocycles. The van der Waals surface area contributed by atoms with Crippen LogP contribution in [0.3, 0.4) is 0 Å². The fourth-order valence-corrected chi connectivity index (χ4v) is 3.15. The predicted octanol–water partition coefficient (Wildman–Crippen LogP) is 1.82. The van der Waals surface area contributed by atoms with Gasteiger partial charge in [0.1, 0.15) is 6.04 Å². The maximum Gasteiger partial charge on any atom is 0.239 e. The molecule has 1 saturated heterocycles. The molecule has 1 fully saturated rings. The Hall–Kier alpha value is -2.14. The van der Waals surface area contributed by atoms with E-state index < -0.39 is 0 Å². The first kappa shape index (κ1) is 13.8. The van der Waals surface area contributed by atoms with Gasteiger partial charge in [0.15, 0.2) is 0 Å². The number of piperidine rings is 1. The molecule has 1 aromatic carbocycles. The van der Waals surface area contributed by atoms with E-state index in [9.17, 15) is 4.79 Å². The van der Waals surface area contributed by atoms with Crippen molar-refractivity contribution in [3.05, 3.63) is 53.9 Å². The number of carbonyl (C=O) groups excluding carboxylic acids is 1. The van der Waals surface area contributed by atoms with Gasteiger partial charge in [0.2, 0.25) is 5.91 Å². The van der Waals surface area contributed by atoms with Crippen molar-refractivity contribution < 1.29 is 4.79 Å². The van der Waals surface area contributed by atoms with Crippen LogP contribution < -0.4 is 5.73 Å². The lowest BCUT2D eigenvalue weighted by Gasteiger charge is -2.36. The topological polar surface area (TPSA) is 75.0 Å². The van der Waals surface area contributed by atoms with Gasteiger partial charge in [0.25, 0.3) is 0 Å². The molecule has 21 heavy (non-hydrogen) atoms. The third-order valence-electron chi connectivity index (χ3n) is 4.24. The van der Waals surface area contributed by atoms with Crippen LogP contribution in [0.4, 0.5) is 0 Å². The van der Waals surface area contributed by atoms with Crippen LogP contribution in [-0.4, -0.2) is 34.1 Å². The maximum atomic E-state index is 11.9. The Bertz CT molecular complexity index is 574. The van der Waals surface area contributed by atoms with E-state index in [4.69, 9.17) is 5.73 Å². The number of primary amides is 1. The number of nitrogens with two attached hydrogens (primary N) is 1. The fraction of sp³-hybridized carbons (Fsp3) is 0.375. The van der Waals surface area contributed by atoms with Crippen molar-refractivity contribution in [2.24, 2.45) is 5.73 Å². The highest BCUT2D eigenvalue weighted by molar-refractivity contribution is 5.81. The number of carbonyl (C=O) groups is 1. The Morgan fingerprint density at radius 3 is 2.52 bits per heavy atom. The zero-order chi connectivity index (χ0) is 14.7. The summed E-state index contributed by atoms with van der Waals surface area (Å²) >= 11 is 0. The number of hydrogen-bond acceptors (Lipinski definition) is 3. The monoisotopic (exact) mass is 284 g/mol. The summed E-state index contributed by atoms with van der Waals surface area (Å²) in [5.74, 6) is 0.217. The molecule has 0 unspecified atom stereocenters. The first-order chi connectivity index (χ1) is 10.3. The lowest BCUT2D eigenvalue weighted by molar-refractivity contribution is -0.124. The van der Waals surface area contributed by atoms with Crippen LogP contribution in [0, 0.1) is 0 Å². The molecule has 1 amide bonds. The molecule has 0 radical (unpaired) electrons. The molecule has 5 heteroatoms. The molecule has 0 saturated carbocycles. The number of benzene rings is 1. The molecule has 0 spiro atoms. The van der Waals surface area contributed by atoms with Crippen molar-refractivity contribution in [2.45, 2.75) is 24.8 Å². The molecule has 1 aliphatic rings. The molecular formula is C16H20N4O. The second-order valence-corrected chi connectivity index (χ2v) is 5.54. The van der Waals surface area contributed by atoms with Gasteiger partial charge in [-0.05, 0) is 37.6 Å². The Balaban J connectivity index is 1.71. The zero-order valence-electron chi connectivity index (χ0n) is 11.9. The minimum absolute atomic E-state index is 0.277. The smallest absolute Gasteiger partial charge is 0.239 e. The van der Waals surface area contributed by atoms with Crippen LogP contribution in [0.5, 0.6) is 0 Å². The van der Waals surface area contributed by atoms with E-state index in [1.807, 2.05) is 36.4 Å². The van der Waals surface area contributed by atoms with E-state index in [-0.39, 0.29) is 11.9 Å². The largest absolute Gasteiger partial charge is 0.368 e. The van der Waals surface area contributed by atoms with Gasteiger partial charge in [-0.25, -0.2) is 0 Å². The number of nitrogens with zero attached hydrogens (tertiary/aromatic N) is 2. The lowest BCUT2D eigenvalue weighted by atomic mass is 9.91. The van der Waals surface area contributed by atoms with Crippen molar-refractivity contribution >= 4 is 5.91 Å². The van der Waals surface area contributed by atoms with Crippen molar-refractivity contribution in [2.75, 3.05) is 13.1 Å². The minimum atomic E-state index is -0.325. The molecule has 5 nitrogen and oxygen atoms in total. The van der Waals surface area contributed by atoms with Gasteiger partial charge in [0, 0.05) is 17.8 Å². The second kappa shape index (κ2) is 6.10. The van der Waals surface area contributed by atoms with Crippen LogP contribution in [0.15, 0.2) is 42.6 Å². The number of hydrogen-bond donors (Lipinski definition) is 2. The van der Waals surface area contributed by atoms with E-state index in [0.717, 1.165) is 31.5 Å². The van der Waals surface area contributed by atoms with Crippen LogP contribution >= 0.6 is 0 Å². The van der Waals surface area contributed by atoms with Crippen LogP contribution in [0.1, 0.15) is 36.1 Å². The summed E-state index contributed by atoms with van der Waals surface area (Å²) < 4.78 is 0. The summed E-state index contributed by atoms with van der Waals surface area (Å²) in [6, 6.07) is 11.5. The molecule has 1 aliphatic heterocycles. The minimum Gasteiger partial charge on any atom is -0.368 e. The van der Waals surface area contributed by atoms with Gasteiger partial charge in [-0.15, -0.1) is 0 Å². The van der Waals surface area contributed by atoms with Crippen molar-refractivity contribution in [1.82, 2.24) is 15.1 Å². The summed E-state index contributed by atoms with van der Waals surface area (Å²) in [5, 5.41) is 7.06. The quantitative estimate of drug-likeness (QED) is 0.899. The van der Waals surface area contributed by atoms with E-state index in [1.54, 1.807) is 6.20 Å². The standard InChI is InChI=1S/C16H20N4O/c17-16(21)15(13-4-2-1-3-5-13)20-10-7-12(8-11-20)14-6-9-18-19-14/h1-6,9,12,15H,7-8,10-11H2,(H2,17,21)(H,18,19)/t15-/m1/s1. The number of rotatable bonds is 4. The van der Waals surface area contributed by atoms with Gasteiger partial charge in [-0.3, -0.25) is 14.8 Å². The van der Waals surface area contributed by atoms with Crippen molar-refractivity contribution in [1.29, 1.82) is 0 Å². The molecule has 110 valence electrons. The molecule has 3 N–H and O–H groups in total. The lowest BCUT2D eigenvalue weighted by Crippen LogP contribution is -2.42. The third kappa shape index (κ3) is 2.97. The van der Waals surface area contributed by atoms with Crippen LogP contribution in [-0.2, 0) is 4.79 Å². The molecule has 2 heterocycles. The van der Waals surface area contributed by atoms with Crippen molar-refractivity contribution in [3.8, 4) is 0 Å². The van der Waals surface area contributed by atoms with E-state index in [2.05, 4.69) is 15.1 Å². The Kier molecular flexibility index (Phi) is 4.01. The predicted molar refractivity (Wildman–Crippen MR) is 80.5 cm³/mol. The number of aromatic amines is 1. The van der Waals surface area contributed by atoms with Gasteiger partial charge in [-0.1, -0.05) is 30.3 Å². The van der Waals surface area contributed by atoms with E-state index >= 15 is 0 Å². The number of likely N-dealkylation sites (tertiary alicyclic amines) is 1. The van der Waals surface area contributed by atoms with Gasteiger partial charge < -0.3 is 5.73 Å². The second-order valence-electron chi connectivity index (χ2n) is 5.54.